The zero-order chi connectivity index (χ0) is 15.0. The Balaban J connectivity index is 2.08. The number of halogens is 3. The largest absolute Gasteiger partial charge is 0.507 e. The van der Waals surface area contributed by atoms with Crippen LogP contribution in [0.2, 0.25) is 5.02 Å². The average molecular weight is 370 g/mol. The second kappa shape index (κ2) is 5.46. The Kier molecular flexibility index (Phi) is 3.65. The third kappa shape index (κ3) is 2.77. The summed E-state index contributed by atoms with van der Waals surface area (Å²) < 4.78 is 19.1. The Morgan fingerprint density at radius 1 is 1.14 bits per heavy atom. The fourth-order valence-electron chi connectivity index (χ4n) is 1.79. The smallest absolute Gasteiger partial charge is 0.262 e. The van der Waals surface area contributed by atoms with E-state index in [1.54, 1.807) is 12.1 Å². The SMILES string of the molecule is Oc1ccc(Cl)cc1-c1nc(-c2cc(F)ccc2Br)no1. The van der Waals surface area contributed by atoms with Crippen LogP contribution in [0.15, 0.2) is 45.4 Å². The third-order valence-electron chi connectivity index (χ3n) is 2.78. The molecule has 0 spiro atoms. The minimum absolute atomic E-state index is 0.0343. The van der Waals surface area contributed by atoms with Crippen molar-refractivity contribution in [1.82, 2.24) is 10.1 Å². The van der Waals surface area contributed by atoms with Gasteiger partial charge >= 0.3 is 0 Å². The highest BCUT2D eigenvalue weighted by Crippen LogP contribution is 2.33. The van der Waals surface area contributed by atoms with Crippen LogP contribution in [0.1, 0.15) is 0 Å². The summed E-state index contributed by atoms with van der Waals surface area (Å²) in [6, 6.07) is 8.64. The second-order valence-corrected chi connectivity index (χ2v) is 5.50. The molecule has 1 N–H and O–H groups in total. The first kappa shape index (κ1) is 14.0. The fraction of sp³-hybridized carbons (Fsp3) is 0. The van der Waals surface area contributed by atoms with Gasteiger partial charge in [-0.15, -0.1) is 0 Å². The molecule has 3 rings (SSSR count). The molecular formula is C14H7BrClFN2O2. The highest BCUT2D eigenvalue weighted by molar-refractivity contribution is 9.10. The van der Waals surface area contributed by atoms with Crippen LogP contribution in [-0.2, 0) is 0 Å². The number of aromatic nitrogens is 2. The second-order valence-electron chi connectivity index (χ2n) is 4.21. The molecule has 0 saturated heterocycles. The Hall–Kier alpha value is -1.92. The first-order valence-corrected chi connectivity index (χ1v) is 7.00. The van der Waals surface area contributed by atoms with Crippen molar-refractivity contribution in [2.24, 2.45) is 0 Å². The van der Waals surface area contributed by atoms with Gasteiger partial charge in [0.1, 0.15) is 11.6 Å². The highest BCUT2D eigenvalue weighted by Gasteiger charge is 2.16. The number of aromatic hydroxyl groups is 1. The molecule has 4 nitrogen and oxygen atoms in total. The molecule has 2 aromatic carbocycles. The predicted molar refractivity (Wildman–Crippen MR) is 79.5 cm³/mol. The van der Waals surface area contributed by atoms with Gasteiger partial charge in [0.25, 0.3) is 5.89 Å². The summed E-state index contributed by atoms with van der Waals surface area (Å²) in [5.74, 6) is -0.144. The van der Waals surface area contributed by atoms with Gasteiger partial charge in [-0.25, -0.2) is 4.39 Å². The minimum atomic E-state index is -0.412. The maximum Gasteiger partial charge on any atom is 0.262 e. The van der Waals surface area contributed by atoms with E-state index in [0.29, 0.717) is 20.6 Å². The lowest BCUT2D eigenvalue weighted by atomic mass is 10.2. The van der Waals surface area contributed by atoms with Gasteiger partial charge in [-0.3, -0.25) is 0 Å². The average Bonchev–Trinajstić information content (AvgIpc) is 2.93. The molecule has 1 aromatic heterocycles. The molecule has 0 aliphatic carbocycles. The van der Waals surface area contributed by atoms with Gasteiger partial charge in [0, 0.05) is 15.1 Å². The molecule has 21 heavy (non-hydrogen) atoms. The van der Waals surface area contributed by atoms with Crippen molar-refractivity contribution in [1.29, 1.82) is 0 Å². The quantitative estimate of drug-likeness (QED) is 0.713. The van der Waals surface area contributed by atoms with E-state index in [1.165, 1.54) is 24.3 Å². The standard InChI is InChI=1S/C14H7BrClFN2O2/c15-11-3-2-8(17)6-9(11)13-18-14(21-19-13)10-5-7(16)1-4-12(10)20/h1-6,20H. The molecule has 0 saturated carbocycles. The lowest BCUT2D eigenvalue weighted by Gasteiger charge is -1.99. The molecule has 0 unspecified atom stereocenters. The minimum Gasteiger partial charge on any atom is -0.507 e. The van der Waals surface area contributed by atoms with Crippen molar-refractivity contribution < 1.29 is 14.0 Å². The normalized spacial score (nSPS) is 10.8. The van der Waals surface area contributed by atoms with Crippen molar-refractivity contribution in [3.63, 3.8) is 0 Å². The van der Waals surface area contributed by atoms with Gasteiger partial charge < -0.3 is 9.63 Å². The lowest BCUT2D eigenvalue weighted by molar-refractivity contribution is 0.425. The van der Waals surface area contributed by atoms with Gasteiger partial charge in [0.2, 0.25) is 5.82 Å². The van der Waals surface area contributed by atoms with Crippen LogP contribution in [-0.4, -0.2) is 15.2 Å². The molecular weight excluding hydrogens is 363 g/mol. The van der Waals surface area contributed by atoms with Crippen molar-refractivity contribution >= 4 is 27.5 Å². The van der Waals surface area contributed by atoms with Crippen LogP contribution >= 0.6 is 27.5 Å². The summed E-state index contributed by atoms with van der Waals surface area (Å²) in [5, 5.41) is 14.0. The van der Waals surface area contributed by atoms with E-state index in [4.69, 9.17) is 16.1 Å². The van der Waals surface area contributed by atoms with Crippen molar-refractivity contribution in [3.8, 4) is 28.6 Å². The maximum absolute atomic E-state index is 13.3. The van der Waals surface area contributed by atoms with E-state index in [1.807, 2.05) is 0 Å². The molecule has 7 heteroatoms. The lowest BCUT2D eigenvalue weighted by Crippen LogP contribution is -1.85. The van der Waals surface area contributed by atoms with E-state index < -0.39 is 5.82 Å². The molecule has 0 radical (unpaired) electrons. The summed E-state index contributed by atoms with van der Waals surface area (Å²) in [5.41, 5.74) is 0.764. The fourth-order valence-corrected chi connectivity index (χ4v) is 2.39. The van der Waals surface area contributed by atoms with Gasteiger partial charge in [-0.1, -0.05) is 32.7 Å². The summed E-state index contributed by atoms with van der Waals surface area (Å²) in [7, 11) is 0. The number of rotatable bonds is 2. The van der Waals surface area contributed by atoms with Crippen LogP contribution in [0.4, 0.5) is 4.39 Å². The molecule has 0 bridgehead atoms. The van der Waals surface area contributed by atoms with Crippen LogP contribution in [0.3, 0.4) is 0 Å². The number of benzene rings is 2. The molecule has 0 amide bonds. The van der Waals surface area contributed by atoms with Crippen molar-refractivity contribution in [3.05, 3.63) is 51.7 Å². The molecule has 0 aliphatic heterocycles. The van der Waals surface area contributed by atoms with Crippen molar-refractivity contribution in [2.45, 2.75) is 0 Å². The molecule has 0 fully saturated rings. The van der Waals surface area contributed by atoms with Crippen molar-refractivity contribution in [2.75, 3.05) is 0 Å². The number of nitrogens with zero attached hydrogens (tertiary/aromatic N) is 2. The Morgan fingerprint density at radius 2 is 1.95 bits per heavy atom. The number of hydrogen-bond donors (Lipinski definition) is 1. The molecule has 106 valence electrons. The van der Waals surface area contributed by atoms with Crippen LogP contribution in [0, 0.1) is 5.82 Å². The molecule has 0 atom stereocenters. The first-order chi connectivity index (χ1) is 10.0. The van der Waals surface area contributed by atoms with E-state index >= 15 is 0 Å². The Morgan fingerprint density at radius 3 is 2.76 bits per heavy atom. The van der Waals surface area contributed by atoms with Gasteiger partial charge in [0.15, 0.2) is 0 Å². The third-order valence-corrected chi connectivity index (χ3v) is 3.71. The summed E-state index contributed by atoms with van der Waals surface area (Å²) in [6.07, 6.45) is 0. The summed E-state index contributed by atoms with van der Waals surface area (Å²) >= 11 is 9.18. The van der Waals surface area contributed by atoms with Crippen LogP contribution in [0.5, 0.6) is 5.75 Å². The highest BCUT2D eigenvalue weighted by atomic mass is 79.9. The monoisotopic (exact) mass is 368 g/mol. The Bertz CT molecular complexity index is 756. The van der Waals surface area contributed by atoms with Crippen LogP contribution in [0.25, 0.3) is 22.8 Å². The zero-order valence-electron chi connectivity index (χ0n) is 10.3. The van der Waals surface area contributed by atoms with Gasteiger partial charge in [0.05, 0.1) is 5.56 Å². The molecule has 1 heterocycles. The number of hydrogen-bond acceptors (Lipinski definition) is 4. The summed E-state index contributed by atoms with van der Waals surface area (Å²) in [6.45, 7) is 0. The molecule has 0 aliphatic rings. The first-order valence-electron chi connectivity index (χ1n) is 5.82. The topological polar surface area (TPSA) is 59.2 Å². The van der Waals surface area contributed by atoms with Gasteiger partial charge in [-0.2, -0.15) is 4.98 Å². The summed E-state index contributed by atoms with van der Waals surface area (Å²) in [4.78, 5) is 4.16. The van der Waals surface area contributed by atoms with E-state index in [0.717, 1.165) is 0 Å². The number of phenols is 1. The Labute approximate surface area is 132 Å². The number of phenolic OH excluding ortho intramolecular Hbond substituents is 1. The van der Waals surface area contributed by atoms with E-state index in [-0.39, 0.29) is 17.5 Å². The molecule has 3 aromatic rings. The van der Waals surface area contributed by atoms with Gasteiger partial charge in [-0.05, 0) is 36.4 Å². The van der Waals surface area contributed by atoms with E-state index in [2.05, 4.69) is 26.1 Å². The zero-order valence-corrected chi connectivity index (χ0v) is 12.7. The van der Waals surface area contributed by atoms with E-state index in [9.17, 15) is 9.50 Å². The maximum atomic E-state index is 13.3. The van der Waals surface area contributed by atoms with Crippen LogP contribution < -0.4 is 0 Å². The predicted octanol–water partition coefficient (Wildman–Crippen LogP) is 4.66.